The SMILES string of the molecule is Cc1ccc(CCC(=O)NC2(C(=O)O)CCOC2)c(C)c1. The van der Waals surface area contributed by atoms with Gasteiger partial charge in [-0.15, -0.1) is 0 Å². The summed E-state index contributed by atoms with van der Waals surface area (Å²) in [7, 11) is 0. The zero-order chi connectivity index (χ0) is 15.5. The van der Waals surface area contributed by atoms with Crippen LogP contribution in [-0.2, 0) is 20.7 Å². The predicted molar refractivity (Wildman–Crippen MR) is 78.2 cm³/mol. The van der Waals surface area contributed by atoms with E-state index in [4.69, 9.17) is 4.74 Å². The highest BCUT2D eigenvalue weighted by Gasteiger charge is 2.43. The van der Waals surface area contributed by atoms with Crippen LogP contribution in [0.4, 0.5) is 0 Å². The number of amides is 1. The lowest BCUT2D eigenvalue weighted by Gasteiger charge is -2.23. The average molecular weight is 291 g/mol. The fourth-order valence-corrected chi connectivity index (χ4v) is 2.59. The molecule has 1 amide bonds. The van der Waals surface area contributed by atoms with Crippen LogP contribution in [0.15, 0.2) is 18.2 Å². The van der Waals surface area contributed by atoms with Gasteiger partial charge >= 0.3 is 5.97 Å². The maximum Gasteiger partial charge on any atom is 0.331 e. The molecule has 0 radical (unpaired) electrons. The van der Waals surface area contributed by atoms with E-state index in [2.05, 4.69) is 11.4 Å². The number of carboxylic acids is 1. The molecule has 1 aliphatic rings. The topological polar surface area (TPSA) is 75.6 Å². The molecule has 1 atom stereocenters. The van der Waals surface area contributed by atoms with Gasteiger partial charge in [-0.05, 0) is 31.4 Å². The molecule has 1 unspecified atom stereocenters. The Bertz CT molecular complexity index is 547. The molecule has 1 aliphatic heterocycles. The van der Waals surface area contributed by atoms with Crippen molar-refractivity contribution < 1.29 is 19.4 Å². The number of carbonyl (C=O) groups excluding carboxylic acids is 1. The highest BCUT2D eigenvalue weighted by atomic mass is 16.5. The van der Waals surface area contributed by atoms with Gasteiger partial charge in [0.15, 0.2) is 5.54 Å². The molecule has 5 heteroatoms. The van der Waals surface area contributed by atoms with Gasteiger partial charge in [0.2, 0.25) is 5.91 Å². The Hall–Kier alpha value is -1.88. The van der Waals surface area contributed by atoms with E-state index in [1.165, 1.54) is 5.56 Å². The molecule has 1 aromatic carbocycles. The Labute approximate surface area is 124 Å². The zero-order valence-corrected chi connectivity index (χ0v) is 12.4. The third kappa shape index (κ3) is 3.61. The van der Waals surface area contributed by atoms with Gasteiger partial charge < -0.3 is 15.2 Å². The van der Waals surface area contributed by atoms with Gasteiger partial charge in [-0.2, -0.15) is 0 Å². The molecule has 0 spiro atoms. The third-order valence-corrected chi connectivity index (χ3v) is 3.93. The average Bonchev–Trinajstić information content (AvgIpc) is 2.87. The Kier molecular flexibility index (Phi) is 4.63. The Balaban J connectivity index is 1.94. The standard InChI is InChI=1S/C16H21NO4/c1-11-3-4-13(12(2)9-11)5-6-14(18)17-16(15(19)20)7-8-21-10-16/h3-4,9H,5-8,10H2,1-2H3,(H,17,18)(H,19,20). The molecule has 1 fully saturated rings. The summed E-state index contributed by atoms with van der Waals surface area (Å²) < 4.78 is 5.12. The summed E-state index contributed by atoms with van der Waals surface area (Å²) in [5.74, 6) is -1.28. The summed E-state index contributed by atoms with van der Waals surface area (Å²) in [6, 6.07) is 6.12. The van der Waals surface area contributed by atoms with Crippen LogP contribution in [-0.4, -0.2) is 35.7 Å². The van der Waals surface area contributed by atoms with Crippen LogP contribution >= 0.6 is 0 Å². The van der Waals surface area contributed by atoms with Gasteiger partial charge in [-0.3, -0.25) is 4.79 Å². The molecule has 0 saturated carbocycles. The van der Waals surface area contributed by atoms with Crippen LogP contribution in [0.1, 0.15) is 29.5 Å². The van der Waals surface area contributed by atoms with Crippen molar-refractivity contribution in [3.8, 4) is 0 Å². The highest BCUT2D eigenvalue weighted by molar-refractivity contribution is 5.87. The van der Waals surface area contributed by atoms with Gasteiger partial charge in [0.05, 0.1) is 6.61 Å². The fraction of sp³-hybridized carbons (Fsp3) is 0.500. The number of aliphatic carboxylic acids is 1. The van der Waals surface area contributed by atoms with E-state index in [0.717, 1.165) is 11.1 Å². The number of nitrogens with one attached hydrogen (secondary N) is 1. The van der Waals surface area contributed by atoms with Crippen molar-refractivity contribution in [1.29, 1.82) is 0 Å². The quantitative estimate of drug-likeness (QED) is 0.864. The molecule has 2 N–H and O–H groups in total. The van der Waals surface area contributed by atoms with Crippen molar-refractivity contribution in [2.24, 2.45) is 0 Å². The Morgan fingerprint density at radius 1 is 1.38 bits per heavy atom. The molecule has 5 nitrogen and oxygen atoms in total. The van der Waals surface area contributed by atoms with E-state index >= 15 is 0 Å². The van der Waals surface area contributed by atoms with E-state index in [1.54, 1.807) is 0 Å². The molecule has 0 aromatic heterocycles. The van der Waals surface area contributed by atoms with Crippen LogP contribution in [0.3, 0.4) is 0 Å². The van der Waals surface area contributed by atoms with E-state index in [1.807, 2.05) is 26.0 Å². The van der Waals surface area contributed by atoms with Gasteiger partial charge in [-0.1, -0.05) is 23.8 Å². The third-order valence-electron chi connectivity index (χ3n) is 3.93. The van der Waals surface area contributed by atoms with Crippen LogP contribution in [0.2, 0.25) is 0 Å². The van der Waals surface area contributed by atoms with E-state index < -0.39 is 11.5 Å². The van der Waals surface area contributed by atoms with Crippen molar-refractivity contribution >= 4 is 11.9 Å². The molecule has 0 aliphatic carbocycles. The summed E-state index contributed by atoms with van der Waals surface area (Å²) in [4.78, 5) is 23.4. The minimum absolute atomic E-state index is 0.0393. The summed E-state index contributed by atoms with van der Waals surface area (Å²) in [5.41, 5.74) is 2.20. The first-order valence-electron chi connectivity index (χ1n) is 7.11. The summed E-state index contributed by atoms with van der Waals surface area (Å²) in [5, 5.41) is 11.9. The number of carbonyl (C=O) groups is 2. The monoisotopic (exact) mass is 291 g/mol. The smallest absolute Gasteiger partial charge is 0.331 e. The Morgan fingerprint density at radius 2 is 2.14 bits per heavy atom. The number of ether oxygens (including phenoxy) is 1. The normalized spacial score (nSPS) is 21.2. The highest BCUT2D eigenvalue weighted by Crippen LogP contribution is 2.19. The number of benzene rings is 1. The molecule has 1 heterocycles. The first kappa shape index (κ1) is 15.5. The zero-order valence-electron chi connectivity index (χ0n) is 12.4. The van der Waals surface area contributed by atoms with E-state index in [0.29, 0.717) is 19.4 Å². The summed E-state index contributed by atoms with van der Waals surface area (Å²) >= 11 is 0. The minimum atomic E-state index is -1.25. The largest absolute Gasteiger partial charge is 0.479 e. The van der Waals surface area contributed by atoms with Gasteiger partial charge in [-0.25, -0.2) is 4.79 Å². The number of carboxylic acid groups (broad SMARTS) is 1. The van der Waals surface area contributed by atoms with Crippen molar-refractivity contribution in [1.82, 2.24) is 5.32 Å². The second-order valence-electron chi connectivity index (χ2n) is 5.67. The van der Waals surface area contributed by atoms with Gasteiger partial charge in [0.25, 0.3) is 0 Å². The molecule has 0 bridgehead atoms. The number of hydrogen-bond donors (Lipinski definition) is 2. The molecule has 21 heavy (non-hydrogen) atoms. The molecular formula is C16H21NO4. The van der Waals surface area contributed by atoms with Crippen molar-refractivity contribution in [3.05, 3.63) is 34.9 Å². The lowest BCUT2D eigenvalue weighted by Crippen LogP contribution is -2.55. The lowest BCUT2D eigenvalue weighted by atomic mass is 9.97. The first-order chi connectivity index (χ1) is 9.93. The Morgan fingerprint density at radius 3 is 2.71 bits per heavy atom. The van der Waals surface area contributed by atoms with E-state index in [9.17, 15) is 14.7 Å². The second kappa shape index (κ2) is 6.26. The van der Waals surface area contributed by atoms with Crippen LogP contribution in [0.5, 0.6) is 0 Å². The molecule has 1 saturated heterocycles. The molecule has 2 rings (SSSR count). The van der Waals surface area contributed by atoms with Gasteiger partial charge in [0, 0.05) is 19.4 Å². The van der Waals surface area contributed by atoms with E-state index in [-0.39, 0.29) is 18.9 Å². The van der Waals surface area contributed by atoms with Crippen LogP contribution in [0.25, 0.3) is 0 Å². The minimum Gasteiger partial charge on any atom is -0.479 e. The second-order valence-corrected chi connectivity index (χ2v) is 5.67. The molecule has 1 aromatic rings. The number of rotatable bonds is 5. The van der Waals surface area contributed by atoms with Crippen LogP contribution < -0.4 is 5.32 Å². The maximum absolute atomic E-state index is 12.0. The lowest BCUT2D eigenvalue weighted by molar-refractivity contribution is -0.147. The van der Waals surface area contributed by atoms with Crippen molar-refractivity contribution in [2.45, 2.75) is 38.6 Å². The first-order valence-corrected chi connectivity index (χ1v) is 7.11. The summed E-state index contributed by atoms with van der Waals surface area (Å²) in [6.45, 7) is 4.45. The molecular weight excluding hydrogens is 270 g/mol. The maximum atomic E-state index is 12.0. The number of aryl methyl sites for hydroxylation is 3. The fourth-order valence-electron chi connectivity index (χ4n) is 2.59. The van der Waals surface area contributed by atoms with Gasteiger partial charge in [0.1, 0.15) is 0 Å². The molecule has 114 valence electrons. The van der Waals surface area contributed by atoms with Crippen molar-refractivity contribution in [3.63, 3.8) is 0 Å². The number of hydrogen-bond acceptors (Lipinski definition) is 3. The van der Waals surface area contributed by atoms with Crippen molar-refractivity contribution in [2.75, 3.05) is 13.2 Å². The van der Waals surface area contributed by atoms with Crippen LogP contribution in [0, 0.1) is 13.8 Å². The predicted octanol–water partition coefficient (Wildman–Crippen LogP) is 1.60. The summed E-state index contributed by atoms with van der Waals surface area (Å²) in [6.07, 6.45) is 1.20.